The van der Waals surface area contributed by atoms with Gasteiger partial charge in [-0.1, -0.05) is 23.5 Å². The molecule has 0 fully saturated rings. The SMILES string of the molecule is CCOC(=O)C(C=Nc1nc2ccccc2s1)C(=O)OCC. The van der Waals surface area contributed by atoms with Crippen molar-refractivity contribution in [2.24, 2.45) is 10.9 Å². The van der Waals surface area contributed by atoms with Crippen LogP contribution in [0.25, 0.3) is 10.2 Å². The Hall–Kier alpha value is -2.28. The van der Waals surface area contributed by atoms with E-state index in [4.69, 9.17) is 9.47 Å². The number of carbonyl (C=O) groups is 2. The van der Waals surface area contributed by atoms with Crippen LogP contribution in [0.1, 0.15) is 13.8 Å². The van der Waals surface area contributed by atoms with E-state index in [1.54, 1.807) is 13.8 Å². The third kappa shape index (κ3) is 3.88. The number of nitrogens with zero attached hydrogens (tertiary/aromatic N) is 2. The molecular weight excluding hydrogens is 304 g/mol. The van der Waals surface area contributed by atoms with Crippen LogP contribution in [0.4, 0.5) is 5.13 Å². The molecule has 0 aliphatic heterocycles. The van der Waals surface area contributed by atoms with Crippen LogP contribution in [0.5, 0.6) is 0 Å². The lowest BCUT2D eigenvalue weighted by Crippen LogP contribution is -2.29. The molecule has 0 amide bonds. The maximum Gasteiger partial charge on any atom is 0.325 e. The van der Waals surface area contributed by atoms with Gasteiger partial charge >= 0.3 is 11.9 Å². The van der Waals surface area contributed by atoms with Crippen molar-refractivity contribution in [1.82, 2.24) is 4.98 Å². The van der Waals surface area contributed by atoms with E-state index in [0.29, 0.717) is 5.13 Å². The second-order valence-electron chi connectivity index (χ2n) is 4.22. The molecule has 0 atom stereocenters. The minimum absolute atomic E-state index is 0.184. The van der Waals surface area contributed by atoms with Crippen LogP contribution < -0.4 is 0 Å². The van der Waals surface area contributed by atoms with Gasteiger partial charge in [-0.3, -0.25) is 9.59 Å². The summed E-state index contributed by atoms with van der Waals surface area (Å²) in [6, 6.07) is 7.60. The fraction of sp³-hybridized carbons (Fsp3) is 0.333. The van der Waals surface area contributed by atoms with E-state index in [0.717, 1.165) is 10.2 Å². The topological polar surface area (TPSA) is 77.9 Å². The third-order valence-corrected chi connectivity index (χ3v) is 3.64. The van der Waals surface area contributed by atoms with E-state index in [2.05, 4.69) is 9.98 Å². The van der Waals surface area contributed by atoms with Crippen LogP contribution in [0.3, 0.4) is 0 Å². The number of fused-ring (bicyclic) bond motifs is 1. The molecule has 0 bridgehead atoms. The van der Waals surface area contributed by atoms with Crippen LogP contribution in [-0.2, 0) is 19.1 Å². The van der Waals surface area contributed by atoms with Gasteiger partial charge in [0.25, 0.3) is 0 Å². The molecule has 1 aromatic heterocycles. The first-order valence-corrected chi connectivity index (χ1v) is 7.70. The Bertz CT molecular complexity index is 645. The number of benzene rings is 1. The van der Waals surface area contributed by atoms with Crippen molar-refractivity contribution in [1.29, 1.82) is 0 Å². The molecule has 0 saturated heterocycles. The molecule has 6 nitrogen and oxygen atoms in total. The number of thiazole rings is 1. The summed E-state index contributed by atoms with van der Waals surface area (Å²) in [6.45, 7) is 3.71. The van der Waals surface area contributed by atoms with Crippen molar-refractivity contribution in [3.8, 4) is 0 Å². The molecule has 2 rings (SSSR count). The number of esters is 2. The smallest absolute Gasteiger partial charge is 0.325 e. The zero-order valence-electron chi connectivity index (χ0n) is 12.3. The highest BCUT2D eigenvalue weighted by atomic mass is 32.1. The van der Waals surface area contributed by atoms with Gasteiger partial charge in [0, 0.05) is 6.21 Å². The van der Waals surface area contributed by atoms with Crippen LogP contribution >= 0.6 is 11.3 Å². The number of rotatable bonds is 6. The first kappa shape index (κ1) is 16.1. The van der Waals surface area contributed by atoms with Crippen molar-refractivity contribution in [2.45, 2.75) is 13.8 Å². The summed E-state index contributed by atoms with van der Waals surface area (Å²) in [6.07, 6.45) is 1.23. The Morgan fingerprint density at radius 3 is 2.45 bits per heavy atom. The summed E-state index contributed by atoms with van der Waals surface area (Å²) >= 11 is 1.38. The van der Waals surface area contributed by atoms with E-state index in [-0.39, 0.29) is 13.2 Å². The van der Waals surface area contributed by atoms with Crippen molar-refractivity contribution in [3.63, 3.8) is 0 Å². The Morgan fingerprint density at radius 1 is 1.23 bits per heavy atom. The first-order chi connectivity index (χ1) is 10.7. The minimum atomic E-state index is -1.17. The summed E-state index contributed by atoms with van der Waals surface area (Å²) < 4.78 is 10.7. The molecule has 0 saturated carbocycles. The molecule has 22 heavy (non-hydrogen) atoms. The molecule has 0 unspecified atom stereocenters. The summed E-state index contributed by atoms with van der Waals surface area (Å²) in [5.41, 5.74) is 0.823. The van der Waals surface area contributed by atoms with Gasteiger partial charge in [-0.2, -0.15) is 0 Å². The molecule has 2 aromatic rings. The van der Waals surface area contributed by atoms with Gasteiger partial charge in [0.1, 0.15) is 0 Å². The van der Waals surface area contributed by atoms with Crippen LogP contribution in [0.2, 0.25) is 0 Å². The number of aliphatic imine (C=N–C) groups is 1. The normalized spacial score (nSPS) is 11.2. The summed E-state index contributed by atoms with van der Waals surface area (Å²) in [5.74, 6) is -2.52. The van der Waals surface area contributed by atoms with Gasteiger partial charge in [0.2, 0.25) is 5.13 Å². The molecule has 1 aromatic carbocycles. The molecule has 0 spiro atoms. The van der Waals surface area contributed by atoms with Gasteiger partial charge in [-0.25, -0.2) is 9.98 Å². The summed E-state index contributed by atoms with van der Waals surface area (Å²) in [7, 11) is 0. The average Bonchev–Trinajstić information content (AvgIpc) is 2.90. The fourth-order valence-electron chi connectivity index (χ4n) is 1.74. The predicted molar refractivity (Wildman–Crippen MR) is 84.5 cm³/mol. The lowest BCUT2D eigenvalue weighted by molar-refractivity contribution is -0.157. The van der Waals surface area contributed by atoms with Crippen LogP contribution in [-0.4, -0.2) is 36.4 Å². The van der Waals surface area contributed by atoms with Crippen molar-refractivity contribution >= 4 is 44.8 Å². The monoisotopic (exact) mass is 320 g/mol. The van der Waals surface area contributed by atoms with Crippen molar-refractivity contribution in [3.05, 3.63) is 24.3 Å². The molecule has 7 heteroatoms. The first-order valence-electron chi connectivity index (χ1n) is 6.88. The molecule has 0 N–H and O–H groups in total. The number of hydrogen-bond donors (Lipinski definition) is 0. The minimum Gasteiger partial charge on any atom is -0.465 e. The van der Waals surface area contributed by atoms with Crippen LogP contribution in [0.15, 0.2) is 29.3 Å². The van der Waals surface area contributed by atoms with E-state index in [1.165, 1.54) is 17.6 Å². The van der Waals surface area contributed by atoms with Gasteiger partial charge in [-0.15, -0.1) is 0 Å². The highest BCUT2D eigenvalue weighted by Crippen LogP contribution is 2.27. The van der Waals surface area contributed by atoms with Gasteiger partial charge in [0.05, 0.1) is 23.4 Å². The molecule has 116 valence electrons. The quantitative estimate of drug-likeness (QED) is 0.464. The lowest BCUT2D eigenvalue weighted by atomic mass is 10.2. The summed E-state index contributed by atoms with van der Waals surface area (Å²) in [4.78, 5) is 32.1. The van der Waals surface area contributed by atoms with E-state index < -0.39 is 17.9 Å². The Balaban J connectivity index is 2.20. The van der Waals surface area contributed by atoms with Gasteiger partial charge < -0.3 is 9.47 Å². The molecular formula is C15H16N2O4S. The van der Waals surface area contributed by atoms with Gasteiger partial charge in [0.15, 0.2) is 5.92 Å². The maximum atomic E-state index is 11.8. The fourth-order valence-corrected chi connectivity index (χ4v) is 2.55. The Morgan fingerprint density at radius 2 is 1.86 bits per heavy atom. The zero-order valence-corrected chi connectivity index (χ0v) is 13.1. The second kappa shape index (κ2) is 7.65. The van der Waals surface area contributed by atoms with Gasteiger partial charge in [-0.05, 0) is 26.0 Å². The van der Waals surface area contributed by atoms with E-state index >= 15 is 0 Å². The molecule has 0 aliphatic carbocycles. The Labute approximate surface area is 131 Å². The maximum absolute atomic E-state index is 11.8. The Kier molecular flexibility index (Phi) is 5.60. The summed E-state index contributed by atoms with van der Waals surface area (Å²) in [5, 5.41) is 0.472. The zero-order chi connectivity index (χ0) is 15.9. The number of aromatic nitrogens is 1. The molecule has 1 heterocycles. The largest absolute Gasteiger partial charge is 0.465 e. The third-order valence-electron chi connectivity index (χ3n) is 2.70. The van der Waals surface area contributed by atoms with Crippen molar-refractivity contribution in [2.75, 3.05) is 13.2 Å². The van der Waals surface area contributed by atoms with E-state index in [1.807, 2.05) is 24.3 Å². The standard InChI is InChI=1S/C15H16N2O4S/c1-3-20-13(18)10(14(19)21-4-2)9-16-15-17-11-7-5-6-8-12(11)22-15/h5-10H,3-4H2,1-2H3. The molecule has 0 radical (unpaired) electrons. The highest BCUT2D eigenvalue weighted by molar-refractivity contribution is 7.22. The second-order valence-corrected chi connectivity index (χ2v) is 5.23. The predicted octanol–water partition coefficient (Wildman–Crippen LogP) is 2.74. The van der Waals surface area contributed by atoms with E-state index in [9.17, 15) is 9.59 Å². The number of carbonyl (C=O) groups excluding carboxylic acids is 2. The lowest BCUT2D eigenvalue weighted by Gasteiger charge is -2.09. The molecule has 0 aliphatic rings. The van der Waals surface area contributed by atoms with Crippen molar-refractivity contribution < 1.29 is 19.1 Å². The number of hydrogen-bond acceptors (Lipinski definition) is 7. The highest BCUT2D eigenvalue weighted by Gasteiger charge is 2.27. The van der Waals surface area contributed by atoms with Crippen LogP contribution in [0, 0.1) is 5.92 Å². The average molecular weight is 320 g/mol. The number of ether oxygens (including phenoxy) is 2. The number of para-hydroxylation sites is 1.